The van der Waals surface area contributed by atoms with Gasteiger partial charge in [-0.05, 0) is 24.7 Å². The molecule has 0 spiro atoms. The molecule has 1 rings (SSSR count). The molecule has 0 saturated heterocycles. The molecule has 2 amide bonds. The van der Waals surface area contributed by atoms with Gasteiger partial charge < -0.3 is 15.4 Å². The van der Waals surface area contributed by atoms with E-state index in [9.17, 15) is 18.0 Å². The Hall–Kier alpha value is -0.980. The molecule has 100 valence electrons. The van der Waals surface area contributed by atoms with Gasteiger partial charge in [0, 0.05) is 20.3 Å². The van der Waals surface area contributed by atoms with Gasteiger partial charge in [0.05, 0.1) is 0 Å². The summed E-state index contributed by atoms with van der Waals surface area (Å²) in [5.74, 6) is 0. The van der Waals surface area contributed by atoms with E-state index >= 15 is 0 Å². The fourth-order valence-corrected chi connectivity index (χ4v) is 1.52. The maximum Gasteiger partial charge on any atom is 0.405 e. The standard InChI is InChI=1S/C10H17F3N2O2/c1-17-5-4-9(2-3-9)6-14-8(16)15-7-10(11,12)13/h2-7H2,1H3,(H2,14,15,16). The van der Waals surface area contributed by atoms with Gasteiger partial charge in [-0.1, -0.05) is 0 Å². The number of carbonyl (C=O) groups excluding carboxylic acids is 1. The number of hydrogen-bond acceptors (Lipinski definition) is 2. The van der Waals surface area contributed by atoms with Gasteiger partial charge in [-0.25, -0.2) is 4.79 Å². The SMILES string of the molecule is COCCC1(CNC(=O)NCC(F)(F)F)CC1. The van der Waals surface area contributed by atoms with Crippen LogP contribution < -0.4 is 10.6 Å². The predicted molar refractivity (Wildman–Crippen MR) is 55.6 cm³/mol. The van der Waals surface area contributed by atoms with E-state index in [1.807, 2.05) is 0 Å². The first kappa shape index (κ1) is 14.1. The molecular formula is C10H17F3N2O2. The minimum Gasteiger partial charge on any atom is -0.385 e. The number of nitrogens with one attached hydrogen (secondary N) is 2. The molecule has 1 fully saturated rings. The fourth-order valence-electron chi connectivity index (χ4n) is 1.52. The van der Waals surface area contributed by atoms with Crippen LogP contribution in [0.25, 0.3) is 0 Å². The van der Waals surface area contributed by atoms with E-state index in [0.717, 1.165) is 19.3 Å². The Balaban J connectivity index is 2.15. The van der Waals surface area contributed by atoms with Crippen LogP contribution in [0.4, 0.5) is 18.0 Å². The van der Waals surface area contributed by atoms with Crippen molar-refractivity contribution in [2.24, 2.45) is 5.41 Å². The van der Waals surface area contributed by atoms with Crippen molar-refractivity contribution >= 4 is 6.03 Å². The average molecular weight is 254 g/mol. The Kier molecular flexibility index (Phi) is 4.62. The monoisotopic (exact) mass is 254 g/mol. The van der Waals surface area contributed by atoms with Crippen LogP contribution in [-0.4, -0.2) is 39.0 Å². The first-order valence-electron chi connectivity index (χ1n) is 5.44. The first-order chi connectivity index (χ1) is 7.87. The van der Waals surface area contributed by atoms with Gasteiger partial charge in [0.25, 0.3) is 0 Å². The largest absolute Gasteiger partial charge is 0.405 e. The highest BCUT2D eigenvalue weighted by molar-refractivity contribution is 5.73. The molecule has 0 atom stereocenters. The number of carbonyl (C=O) groups is 1. The molecule has 0 unspecified atom stereocenters. The third-order valence-electron chi connectivity index (χ3n) is 2.87. The number of rotatable bonds is 6. The molecule has 0 aromatic rings. The molecule has 7 heteroatoms. The van der Waals surface area contributed by atoms with Crippen LogP contribution in [-0.2, 0) is 4.74 Å². The van der Waals surface area contributed by atoms with E-state index in [1.165, 1.54) is 0 Å². The van der Waals surface area contributed by atoms with E-state index < -0.39 is 18.8 Å². The van der Waals surface area contributed by atoms with Gasteiger partial charge in [0.1, 0.15) is 6.54 Å². The number of alkyl halides is 3. The molecule has 0 radical (unpaired) electrons. The third kappa shape index (κ3) is 5.76. The number of methoxy groups -OCH3 is 1. The molecule has 0 aromatic carbocycles. The molecule has 0 heterocycles. The Morgan fingerprint density at radius 3 is 2.47 bits per heavy atom. The summed E-state index contributed by atoms with van der Waals surface area (Å²) in [6.45, 7) is -0.296. The molecular weight excluding hydrogens is 237 g/mol. The van der Waals surface area contributed by atoms with Gasteiger partial charge in [-0.2, -0.15) is 13.2 Å². The number of amides is 2. The summed E-state index contributed by atoms with van der Waals surface area (Å²) in [5.41, 5.74) is 0.0333. The summed E-state index contributed by atoms with van der Waals surface area (Å²) >= 11 is 0. The summed E-state index contributed by atoms with van der Waals surface area (Å²) in [4.78, 5) is 11.1. The van der Waals surface area contributed by atoms with Crippen molar-refractivity contribution < 1.29 is 22.7 Å². The maximum atomic E-state index is 11.8. The second kappa shape index (κ2) is 5.57. The van der Waals surface area contributed by atoms with Gasteiger partial charge >= 0.3 is 12.2 Å². The van der Waals surface area contributed by atoms with Crippen LogP contribution in [0.15, 0.2) is 0 Å². The highest BCUT2D eigenvalue weighted by Gasteiger charge is 2.42. The fraction of sp³-hybridized carbons (Fsp3) is 0.900. The zero-order valence-electron chi connectivity index (χ0n) is 9.69. The van der Waals surface area contributed by atoms with Gasteiger partial charge in [0.2, 0.25) is 0 Å². The highest BCUT2D eigenvalue weighted by Crippen LogP contribution is 2.48. The zero-order chi connectivity index (χ0) is 12.9. The molecule has 2 N–H and O–H groups in total. The average Bonchev–Trinajstić information content (AvgIpc) is 3.01. The normalized spacial score (nSPS) is 17.6. The second-order valence-electron chi connectivity index (χ2n) is 4.39. The van der Waals surface area contributed by atoms with Crippen LogP contribution >= 0.6 is 0 Å². The molecule has 4 nitrogen and oxygen atoms in total. The molecule has 17 heavy (non-hydrogen) atoms. The van der Waals surface area contributed by atoms with Crippen molar-refractivity contribution in [3.63, 3.8) is 0 Å². The quantitative estimate of drug-likeness (QED) is 0.757. The van der Waals surface area contributed by atoms with Gasteiger partial charge in [-0.3, -0.25) is 0 Å². The first-order valence-corrected chi connectivity index (χ1v) is 5.44. The third-order valence-corrected chi connectivity index (χ3v) is 2.87. The van der Waals surface area contributed by atoms with Crippen molar-refractivity contribution in [3.05, 3.63) is 0 Å². The van der Waals surface area contributed by atoms with Gasteiger partial charge in [-0.15, -0.1) is 0 Å². The van der Waals surface area contributed by atoms with Crippen LogP contribution in [0.3, 0.4) is 0 Å². The minimum atomic E-state index is -4.37. The lowest BCUT2D eigenvalue weighted by molar-refractivity contribution is -0.122. The van der Waals surface area contributed by atoms with Crippen LogP contribution in [0, 0.1) is 5.41 Å². The Morgan fingerprint density at radius 2 is 2.00 bits per heavy atom. The summed E-state index contributed by atoms with van der Waals surface area (Å²) < 4.78 is 40.4. The maximum absolute atomic E-state index is 11.8. The van der Waals surface area contributed by atoms with Crippen molar-refractivity contribution in [1.29, 1.82) is 0 Å². The van der Waals surface area contributed by atoms with Crippen LogP contribution in [0.1, 0.15) is 19.3 Å². The summed E-state index contributed by atoms with van der Waals surface area (Å²) in [7, 11) is 1.60. The topological polar surface area (TPSA) is 50.4 Å². The van der Waals surface area contributed by atoms with E-state index in [-0.39, 0.29) is 5.41 Å². The molecule has 1 aliphatic carbocycles. The number of halogens is 3. The lowest BCUT2D eigenvalue weighted by Crippen LogP contribution is -2.42. The Labute approximate surface area is 97.9 Å². The summed E-state index contributed by atoms with van der Waals surface area (Å²) in [6, 6.07) is -0.772. The summed E-state index contributed by atoms with van der Waals surface area (Å²) in [6.07, 6.45) is -1.58. The molecule has 1 saturated carbocycles. The lowest BCUT2D eigenvalue weighted by atomic mass is 10.0. The second-order valence-corrected chi connectivity index (χ2v) is 4.39. The Bertz CT molecular complexity index is 265. The van der Waals surface area contributed by atoms with E-state index in [0.29, 0.717) is 13.2 Å². The molecule has 0 aromatic heterocycles. The number of ether oxygens (including phenoxy) is 1. The lowest BCUT2D eigenvalue weighted by Gasteiger charge is -2.16. The van der Waals surface area contributed by atoms with Gasteiger partial charge in [0.15, 0.2) is 0 Å². The van der Waals surface area contributed by atoms with E-state index in [2.05, 4.69) is 5.32 Å². The molecule has 1 aliphatic rings. The van der Waals surface area contributed by atoms with E-state index in [4.69, 9.17) is 4.74 Å². The van der Waals surface area contributed by atoms with E-state index in [1.54, 1.807) is 12.4 Å². The number of urea groups is 1. The van der Waals surface area contributed by atoms with Crippen molar-refractivity contribution in [2.45, 2.75) is 25.4 Å². The molecule has 0 aliphatic heterocycles. The van der Waals surface area contributed by atoms with Crippen molar-refractivity contribution in [2.75, 3.05) is 26.8 Å². The predicted octanol–water partition coefficient (Wildman–Crippen LogP) is 1.66. The summed E-state index contributed by atoms with van der Waals surface area (Å²) in [5, 5.41) is 4.23. The van der Waals surface area contributed by atoms with Crippen molar-refractivity contribution in [1.82, 2.24) is 10.6 Å². The van der Waals surface area contributed by atoms with Crippen molar-refractivity contribution in [3.8, 4) is 0 Å². The Morgan fingerprint density at radius 1 is 1.35 bits per heavy atom. The van der Waals surface area contributed by atoms with Crippen LogP contribution in [0.5, 0.6) is 0 Å². The zero-order valence-corrected chi connectivity index (χ0v) is 9.69. The minimum absolute atomic E-state index is 0.0333. The highest BCUT2D eigenvalue weighted by atomic mass is 19.4. The molecule has 0 bridgehead atoms. The van der Waals surface area contributed by atoms with Crippen LogP contribution in [0.2, 0.25) is 0 Å². The number of hydrogen-bond donors (Lipinski definition) is 2. The smallest absolute Gasteiger partial charge is 0.385 e.